The van der Waals surface area contributed by atoms with Crippen molar-refractivity contribution in [3.8, 4) is 0 Å². The highest BCUT2D eigenvalue weighted by Crippen LogP contribution is 1.92. The second-order valence-electron chi connectivity index (χ2n) is 1.04. The van der Waals surface area contributed by atoms with E-state index in [1.165, 1.54) is 6.08 Å². The monoisotopic (exact) mass is 114 g/mol. The third kappa shape index (κ3) is 2.96. The van der Waals surface area contributed by atoms with E-state index in [-0.39, 0.29) is 5.76 Å². The molecule has 0 fully saturated rings. The van der Waals surface area contributed by atoms with Crippen molar-refractivity contribution in [1.82, 2.24) is 0 Å². The molecule has 3 heteroatoms. The number of ether oxygens (including phenoxy) is 1. The Hall–Kier alpha value is -1.25. The number of allylic oxidation sites excluding steroid dienone is 1. The van der Waals surface area contributed by atoms with Gasteiger partial charge in [-0.15, -0.1) is 0 Å². The van der Waals surface area contributed by atoms with Gasteiger partial charge in [-0.1, -0.05) is 13.2 Å². The van der Waals surface area contributed by atoms with Gasteiger partial charge in [-0.05, 0) is 6.08 Å². The minimum Gasteiger partial charge on any atom is -0.449 e. The van der Waals surface area contributed by atoms with Crippen LogP contribution < -0.4 is 0 Å². The lowest BCUT2D eigenvalue weighted by Crippen LogP contribution is -1.96. The van der Waals surface area contributed by atoms with Crippen LogP contribution in [0.5, 0.6) is 0 Å². The van der Waals surface area contributed by atoms with Gasteiger partial charge in [0.15, 0.2) is 0 Å². The molecule has 3 nitrogen and oxygen atoms in total. The zero-order valence-corrected chi connectivity index (χ0v) is 4.26. The first-order chi connectivity index (χ1) is 3.66. The molecule has 0 aliphatic carbocycles. The molecule has 0 aromatic rings. The fourth-order valence-electron chi connectivity index (χ4n) is 0.154. The van der Waals surface area contributed by atoms with E-state index in [0.29, 0.717) is 0 Å². The molecule has 8 heavy (non-hydrogen) atoms. The van der Waals surface area contributed by atoms with Gasteiger partial charge in [0.25, 0.3) is 0 Å². The maximum absolute atomic E-state index is 9.64. The molecular formula is C5H6O3. The Morgan fingerprint density at radius 1 is 1.75 bits per heavy atom. The Bertz CT molecular complexity index is 126. The van der Waals surface area contributed by atoms with Gasteiger partial charge in [0.1, 0.15) is 5.76 Å². The lowest BCUT2D eigenvalue weighted by Gasteiger charge is -1.93. The van der Waals surface area contributed by atoms with E-state index < -0.39 is 6.16 Å². The minimum absolute atomic E-state index is 0.0394. The minimum atomic E-state index is -1.37. The van der Waals surface area contributed by atoms with Gasteiger partial charge in [0.2, 0.25) is 0 Å². The number of hydrogen-bond donors (Lipinski definition) is 1. The van der Waals surface area contributed by atoms with Crippen LogP contribution in [-0.2, 0) is 4.74 Å². The predicted octanol–water partition coefficient (Wildman–Crippen LogP) is 1.38. The molecule has 0 aromatic carbocycles. The average Bonchev–Trinajstić information content (AvgIpc) is 1.65. The Labute approximate surface area is 46.9 Å². The second-order valence-corrected chi connectivity index (χ2v) is 1.04. The van der Waals surface area contributed by atoms with Gasteiger partial charge in [0.05, 0.1) is 0 Å². The molecule has 0 aliphatic heterocycles. The number of rotatable bonds is 2. The molecule has 0 amide bonds. The lowest BCUT2D eigenvalue weighted by molar-refractivity contribution is 0.122. The fourth-order valence-corrected chi connectivity index (χ4v) is 0.154. The molecule has 0 aliphatic rings. The van der Waals surface area contributed by atoms with Crippen molar-refractivity contribution < 1.29 is 14.6 Å². The van der Waals surface area contributed by atoms with Crippen LogP contribution in [0.4, 0.5) is 4.79 Å². The molecular weight excluding hydrogens is 108 g/mol. The number of carbonyl (C=O) groups is 1. The summed E-state index contributed by atoms with van der Waals surface area (Å²) >= 11 is 0. The highest BCUT2D eigenvalue weighted by Gasteiger charge is 1.94. The normalized spacial score (nSPS) is 7.50. The number of carboxylic acid groups (broad SMARTS) is 1. The molecule has 0 unspecified atom stereocenters. The van der Waals surface area contributed by atoms with Crippen molar-refractivity contribution in [3.63, 3.8) is 0 Å². The highest BCUT2D eigenvalue weighted by molar-refractivity contribution is 5.58. The smallest absolute Gasteiger partial charge is 0.449 e. The Balaban J connectivity index is 3.55. The third-order valence-corrected chi connectivity index (χ3v) is 0.446. The Morgan fingerprint density at radius 3 is 2.38 bits per heavy atom. The van der Waals surface area contributed by atoms with Crippen LogP contribution in [0, 0.1) is 0 Å². The molecule has 0 aromatic heterocycles. The predicted molar refractivity (Wildman–Crippen MR) is 28.4 cm³/mol. The van der Waals surface area contributed by atoms with Gasteiger partial charge in [0, 0.05) is 0 Å². The third-order valence-electron chi connectivity index (χ3n) is 0.446. The summed E-state index contributed by atoms with van der Waals surface area (Å²) in [6.07, 6.45) is -0.149. The largest absolute Gasteiger partial charge is 0.511 e. The fraction of sp³-hybridized carbons (Fsp3) is 0. The molecule has 44 valence electrons. The van der Waals surface area contributed by atoms with Crippen LogP contribution >= 0.6 is 0 Å². The maximum atomic E-state index is 9.64. The maximum Gasteiger partial charge on any atom is 0.511 e. The van der Waals surface area contributed by atoms with Crippen molar-refractivity contribution >= 4 is 6.16 Å². The van der Waals surface area contributed by atoms with E-state index in [0.717, 1.165) is 0 Å². The van der Waals surface area contributed by atoms with Crippen molar-refractivity contribution in [2.75, 3.05) is 0 Å². The van der Waals surface area contributed by atoms with Crippen molar-refractivity contribution in [3.05, 3.63) is 25.0 Å². The van der Waals surface area contributed by atoms with Crippen molar-refractivity contribution in [1.29, 1.82) is 0 Å². The summed E-state index contributed by atoms with van der Waals surface area (Å²) < 4.78 is 4.00. The molecule has 1 N–H and O–H groups in total. The van der Waals surface area contributed by atoms with Gasteiger partial charge in [-0.3, -0.25) is 0 Å². The second kappa shape index (κ2) is 2.85. The quantitative estimate of drug-likeness (QED) is 0.335. The molecule has 0 saturated heterocycles. The number of hydrogen-bond acceptors (Lipinski definition) is 2. The van der Waals surface area contributed by atoms with E-state index in [2.05, 4.69) is 17.9 Å². The first-order valence-corrected chi connectivity index (χ1v) is 1.89. The molecule has 0 saturated carbocycles. The van der Waals surface area contributed by atoms with Gasteiger partial charge < -0.3 is 9.84 Å². The summed E-state index contributed by atoms with van der Waals surface area (Å²) in [6.45, 7) is 6.42. The Kier molecular flexibility index (Phi) is 2.40. The van der Waals surface area contributed by atoms with E-state index in [1.54, 1.807) is 0 Å². The van der Waals surface area contributed by atoms with Gasteiger partial charge in [-0.25, -0.2) is 4.79 Å². The molecule has 0 atom stereocenters. The van der Waals surface area contributed by atoms with Crippen LogP contribution in [0.2, 0.25) is 0 Å². The summed E-state index contributed by atoms with van der Waals surface area (Å²) in [7, 11) is 0. The van der Waals surface area contributed by atoms with Crippen molar-refractivity contribution in [2.24, 2.45) is 0 Å². The Morgan fingerprint density at radius 2 is 2.25 bits per heavy atom. The van der Waals surface area contributed by atoms with Crippen LogP contribution in [0.15, 0.2) is 25.0 Å². The zero-order chi connectivity index (χ0) is 6.57. The van der Waals surface area contributed by atoms with Crippen LogP contribution in [-0.4, -0.2) is 11.3 Å². The van der Waals surface area contributed by atoms with E-state index >= 15 is 0 Å². The summed E-state index contributed by atoms with van der Waals surface area (Å²) in [5, 5.41) is 7.88. The topological polar surface area (TPSA) is 46.5 Å². The molecule has 0 heterocycles. The standard InChI is InChI=1S/C5H6O3/c1-3-4(2)8-5(6)7/h3H,1-2H2,(H,6,7). The van der Waals surface area contributed by atoms with Crippen LogP contribution in [0.25, 0.3) is 0 Å². The lowest BCUT2D eigenvalue weighted by atomic mass is 10.6. The molecule has 0 bridgehead atoms. The highest BCUT2D eigenvalue weighted by atomic mass is 16.7. The average molecular weight is 114 g/mol. The molecule has 0 rings (SSSR count). The first-order valence-electron chi connectivity index (χ1n) is 1.89. The van der Waals surface area contributed by atoms with E-state index in [4.69, 9.17) is 5.11 Å². The SMILES string of the molecule is C=CC(=C)OC(=O)O. The van der Waals surface area contributed by atoms with E-state index in [1.807, 2.05) is 0 Å². The zero-order valence-electron chi connectivity index (χ0n) is 4.26. The summed E-state index contributed by atoms with van der Waals surface area (Å²) in [4.78, 5) is 9.64. The van der Waals surface area contributed by atoms with Gasteiger partial charge in [-0.2, -0.15) is 0 Å². The summed E-state index contributed by atoms with van der Waals surface area (Å²) in [5.41, 5.74) is 0. The van der Waals surface area contributed by atoms with Crippen molar-refractivity contribution in [2.45, 2.75) is 0 Å². The summed E-state index contributed by atoms with van der Waals surface area (Å²) in [5.74, 6) is 0.0394. The van der Waals surface area contributed by atoms with Gasteiger partial charge >= 0.3 is 6.16 Å². The van der Waals surface area contributed by atoms with E-state index in [9.17, 15) is 4.79 Å². The summed E-state index contributed by atoms with van der Waals surface area (Å²) in [6, 6.07) is 0. The first kappa shape index (κ1) is 6.75. The van der Waals surface area contributed by atoms with Crippen LogP contribution in [0.3, 0.4) is 0 Å². The van der Waals surface area contributed by atoms with Crippen LogP contribution in [0.1, 0.15) is 0 Å². The molecule has 0 radical (unpaired) electrons. The molecule has 0 spiro atoms.